The Morgan fingerprint density at radius 1 is 1.00 bits per heavy atom. The second-order valence-corrected chi connectivity index (χ2v) is 11.9. The molecule has 0 radical (unpaired) electrons. The van der Waals surface area contributed by atoms with Crippen LogP contribution in [0.15, 0.2) is 84.8 Å². The topological polar surface area (TPSA) is 137 Å². The van der Waals surface area contributed by atoms with E-state index < -0.39 is 0 Å². The van der Waals surface area contributed by atoms with Crippen LogP contribution in [0.25, 0.3) is 11.1 Å². The van der Waals surface area contributed by atoms with E-state index in [-0.39, 0.29) is 12.1 Å². The molecule has 4 aromatic heterocycles. The van der Waals surface area contributed by atoms with Crippen LogP contribution in [0.2, 0.25) is 0 Å². The molecular weight excluding hydrogens is 597 g/mol. The Morgan fingerprint density at radius 2 is 1.87 bits per heavy atom. The molecule has 0 aliphatic heterocycles. The first-order valence-electron chi connectivity index (χ1n) is 15.4. The van der Waals surface area contributed by atoms with E-state index >= 15 is 0 Å². The van der Waals surface area contributed by atoms with E-state index in [2.05, 4.69) is 44.0 Å². The van der Waals surface area contributed by atoms with E-state index in [1.807, 2.05) is 73.2 Å². The zero-order valence-corrected chi connectivity index (χ0v) is 26.9. The number of carbonyl (C=O) groups excluding carboxylic acids is 1. The van der Waals surface area contributed by atoms with Crippen molar-refractivity contribution in [1.29, 1.82) is 5.26 Å². The molecule has 5 aromatic rings. The van der Waals surface area contributed by atoms with Crippen LogP contribution in [0.3, 0.4) is 0 Å². The van der Waals surface area contributed by atoms with Crippen LogP contribution in [0.4, 0.5) is 22.4 Å². The van der Waals surface area contributed by atoms with Crippen LogP contribution in [-0.4, -0.2) is 43.4 Å². The zero-order valence-electron chi connectivity index (χ0n) is 26.1. The molecule has 0 aliphatic carbocycles. The molecule has 46 heavy (non-hydrogen) atoms. The van der Waals surface area contributed by atoms with Gasteiger partial charge >= 0.3 is 6.03 Å². The highest BCUT2D eigenvalue weighted by Gasteiger charge is 2.26. The van der Waals surface area contributed by atoms with Gasteiger partial charge in [-0.05, 0) is 48.4 Å². The number of nitriles is 1. The van der Waals surface area contributed by atoms with Gasteiger partial charge in [-0.25, -0.2) is 14.8 Å². The highest BCUT2D eigenvalue weighted by molar-refractivity contribution is 7.09. The Balaban J connectivity index is 1.27. The summed E-state index contributed by atoms with van der Waals surface area (Å²) in [5, 5.41) is 25.5. The van der Waals surface area contributed by atoms with Gasteiger partial charge in [0.1, 0.15) is 23.3 Å². The van der Waals surface area contributed by atoms with Crippen molar-refractivity contribution in [3.63, 3.8) is 0 Å². The quantitative estimate of drug-likeness (QED) is 0.110. The third-order valence-corrected chi connectivity index (χ3v) is 8.32. The molecule has 0 aliphatic rings. The largest absolute Gasteiger partial charge is 0.364 e. The number of aromatic nitrogens is 5. The summed E-state index contributed by atoms with van der Waals surface area (Å²) in [4.78, 5) is 30.4. The number of carbonyl (C=O) groups is 1. The number of aryl methyl sites for hydroxylation is 1. The average Bonchev–Trinajstić information content (AvgIpc) is 3.78. The molecule has 236 valence electrons. The van der Waals surface area contributed by atoms with Gasteiger partial charge < -0.3 is 16.0 Å². The number of nitrogens with one attached hydrogen (secondary N) is 3. The van der Waals surface area contributed by atoms with Gasteiger partial charge in [0.2, 0.25) is 5.95 Å². The monoisotopic (exact) mass is 634 g/mol. The van der Waals surface area contributed by atoms with Crippen molar-refractivity contribution in [2.75, 3.05) is 22.1 Å². The fraction of sp³-hybridized carbons (Fsp3) is 0.294. The molecule has 0 spiro atoms. The Morgan fingerprint density at radius 3 is 2.57 bits per heavy atom. The molecule has 0 bridgehead atoms. The molecule has 2 amide bonds. The minimum Gasteiger partial charge on any atom is -0.364 e. The van der Waals surface area contributed by atoms with E-state index in [1.54, 1.807) is 33.3 Å². The summed E-state index contributed by atoms with van der Waals surface area (Å²) in [5.41, 5.74) is 3.32. The third-order valence-electron chi connectivity index (χ3n) is 7.44. The van der Waals surface area contributed by atoms with Crippen molar-refractivity contribution in [2.45, 2.75) is 51.7 Å². The molecule has 0 unspecified atom stereocenters. The van der Waals surface area contributed by atoms with Crippen molar-refractivity contribution in [3.8, 4) is 17.2 Å². The molecule has 0 saturated heterocycles. The molecule has 1 atom stereocenters. The molecular formula is C34H38N10OS. The summed E-state index contributed by atoms with van der Waals surface area (Å²) in [5.74, 6) is 1.55. The molecule has 1 aromatic carbocycles. The van der Waals surface area contributed by atoms with E-state index in [0.29, 0.717) is 42.8 Å². The number of anilines is 3. The summed E-state index contributed by atoms with van der Waals surface area (Å²) in [6.45, 7) is 3.73. The predicted molar refractivity (Wildman–Crippen MR) is 182 cm³/mol. The highest BCUT2D eigenvalue weighted by Crippen LogP contribution is 2.25. The lowest BCUT2D eigenvalue weighted by atomic mass is 10.0. The molecule has 0 saturated carbocycles. The lowest BCUT2D eigenvalue weighted by Crippen LogP contribution is -2.47. The summed E-state index contributed by atoms with van der Waals surface area (Å²) in [6.07, 6.45) is 10.3. The summed E-state index contributed by atoms with van der Waals surface area (Å²) in [7, 11) is 1.88. The number of nitrogens with zero attached hydrogens (tertiary/aromatic N) is 7. The Labute approximate surface area is 273 Å². The van der Waals surface area contributed by atoms with E-state index in [0.717, 1.165) is 47.3 Å². The fourth-order valence-electron chi connectivity index (χ4n) is 5.13. The summed E-state index contributed by atoms with van der Waals surface area (Å²) in [6, 6.07) is 19.7. The number of thiophene rings is 1. The fourth-order valence-corrected chi connectivity index (χ4v) is 5.77. The maximum absolute atomic E-state index is 13.8. The van der Waals surface area contributed by atoms with Gasteiger partial charge in [-0.1, -0.05) is 49.7 Å². The van der Waals surface area contributed by atoms with Crippen molar-refractivity contribution in [3.05, 3.63) is 101 Å². The van der Waals surface area contributed by atoms with Gasteiger partial charge in [-0.3, -0.25) is 9.58 Å². The number of urea groups is 1. The van der Waals surface area contributed by atoms with Crippen molar-refractivity contribution in [1.82, 2.24) is 30.0 Å². The van der Waals surface area contributed by atoms with Crippen LogP contribution in [0.5, 0.6) is 0 Å². The van der Waals surface area contributed by atoms with Crippen LogP contribution in [-0.2, 0) is 20.1 Å². The van der Waals surface area contributed by atoms with E-state index in [4.69, 9.17) is 4.98 Å². The Hall–Kier alpha value is -5.28. The van der Waals surface area contributed by atoms with Gasteiger partial charge in [0, 0.05) is 54.6 Å². The van der Waals surface area contributed by atoms with Gasteiger partial charge in [-0.2, -0.15) is 15.3 Å². The SMILES string of the molecule is CCC[C@@H](CCCNc1ncc(C#N)c(NCc2cccs2)n1)N(C(=O)NCc1ccccc1)c1ccc(-c2cnn(C)c2)cn1. The first-order chi connectivity index (χ1) is 22.5. The van der Waals surface area contributed by atoms with E-state index in [9.17, 15) is 10.1 Å². The van der Waals surface area contributed by atoms with E-state index in [1.165, 1.54) is 6.20 Å². The Kier molecular flexibility index (Phi) is 11.3. The van der Waals surface area contributed by atoms with Crippen LogP contribution in [0, 0.1) is 11.3 Å². The van der Waals surface area contributed by atoms with Gasteiger partial charge in [0.05, 0.1) is 18.9 Å². The average molecular weight is 635 g/mol. The number of pyridine rings is 1. The maximum atomic E-state index is 13.8. The molecule has 4 heterocycles. The molecule has 11 nitrogen and oxygen atoms in total. The lowest BCUT2D eigenvalue weighted by Gasteiger charge is -2.31. The third kappa shape index (κ3) is 8.67. The summed E-state index contributed by atoms with van der Waals surface area (Å²) >= 11 is 1.64. The summed E-state index contributed by atoms with van der Waals surface area (Å²) < 4.78 is 1.75. The minimum atomic E-state index is -0.186. The number of benzene rings is 1. The first kappa shape index (κ1) is 32.1. The normalized spacial score (nSPS) is 11.4. The maximum Gasteiger partial charge on any atom is 0.323 e. The van der Waals surface area contributed by atoms with Crippen LogP contribution >= 0.6 is 11.3 Å². The smallest absolute Gasteiger partial charge is 0.323 e. The number of hydrogen-bond donors (Lipinski definition) is 3. The van der Waals surface area contributed by atoms with Crippen molar-refractivity contribution < 1.29 is 4.79 Å². The van der Waals surface area contributed by atoms with Crippen LogP contribution < -0.4 is 20.9 Å². The minimum absolute atomic E-state index is 0.0794. The first-order valence-corrected chi connectivity index (χ1v) is 16.2. The zero-order chi connectivity index (χ0) is 32.1. The second kappa shape index (κ2) is 16.2. The van der Waals surface area contributed by atoms with Gasteiger partial charge in [-0.15, -0.1) is 11.3 Å². The Bertz CT molecular complexity index is 1720. The molecule has 12 heteroatoms. The van der Waals surface area contributed by atoms with Gasteiger partial charge in [0.25, 0.3) is 0 Å². The predicted octanol–water partition coefficient (Wildman–Crippen LogP) is 6.59. The molecule has 5 rings (SSSR count). The van der Waals surface area contributed by atoms with Crippen LogP contribution in [0.1, 0.15) is 48.6 Å². The van der Waals surface area contributed by atoms with Gasteiger partial charge in [0.15, 0.2) is 0 Å². The standard InChI is InChI=1S/C34H38N10OS/c1-3-9-29(12-7-16-36-33-39-21-27(18-35)32(42-33)38-23-30-13-8-17-46-30)44(34(45)40-19-25-10-5-4-6-11-25)31-15-14-26(20-37-31)28-22-41-43(2)24-28/h4-6,8,10-11,13-15,17,20-22,24,29H,3,7,9,12,16,19,23H2,1-2H3,(H,40,45)(H2,36,38,39,42)/t29-/m0/s1. The molecule has 0 fully saturated rings. The number of amides is 2. The number of hydrogen-bond acceptors (Lipinski definition) is 9. The number of rotatable bonds is 15. The van der Waals surface area contributed by atoms with Crippen molar-refractivity contribution >= 4 is 35.0 Å². The lowest BCUT2D eigenvalue weighted by molar-refractivity contribution is 0.242. The second-order valence-electron chi connectivity index (χ2n) is 10.8. The van der Waals surface area contributed by atoms with Crippen molar-refractivity contribution in [2.24, 2.45) is 7.05 Å². The molecule has 3 N–H and O–H groups in total. The highest BCUT2D eigenvalue weighted by atomic mass is 32.1.